The van der Waals surface area contributed by atoms with Crippen LogP contribution in [-0.2, 0) is 6.18 Å². The first-order valence-electron chi connectivity index (χ1n) is 7.28. The van der Waals surface area contributed by atoms with Crippen LogP contribution in [0.3, 0.4) is 0 Å². The van der Waals surface area contributed by atoms with Gasteiger partial charge in [-0.1, -0.05) is 23.7 Å². The minimum Gasteiger partial charge on any atom is -0.451 e. The largest absolute Gasteiger partial charge is 0.451 e. The number of hydrogen-bond donors (Lipinski definition) is 1. The van der Waals surface area contributed by atoms with Crippen LogP contribution in [0.1, 0.15) is 16.1 Å². The summed E-state index contributed by atoms with van der Waals surface area (Å²) in [5.41, 5.74) is -0.171. The van der Waals surface area contributed by atoms with Crippen molar-refractivity contribution in [2.45, 2.75) is 6.18 Å². The predicted octanol–water partition coefficient (Wildman–Crippen LogP) is 6.48. The number of hydrogen-bond acceptors (Lipinski definition) is 2. The zero-order chi connectivity index (χ0) is 18.9. The molecule has 0 aliphatic rings. The number of carbonyl (C=O) groups is 1. The van der Waals surface area contributed by atoms with Gasteiger partial charge in [-0.2, -0.15) is 13.2 Å². The summed E-state index contributed by atoms with van der Waals surface area (Å²) in [4.78, 5) is 12.3. The Balaban J connectivity index is 1.86. The van der Waals surface area contributed by atoms with Gasteiger partial charge in [-0.15, -0.1) is 0 Å². The minimum atomic E-state index is -4.58. The standard InChI is InChI=1S/C18H10ClF3INO2/c19-12-6-5-10(9-11(12)18(20,21)22)15-7-8-16(26-15)17(25)24-14-4-2-1-3-13(14)23/h1-9H,(H,24,25). The lowest BCUT2D eigenvalue weighted by Crippen LogP contribution is -2.11. The summed E-state index contributed by atoms with van der Waals surface area (Å²) in [6, 6.07) is 13.5. The zero-order valence-electron chi connectivity index (χ0n) is 12.9. The lowest BCUT2D eigenvalue weighted by molar-refractivity contribution is -0.137. The molecule has 0 spiro atoms. The number of benzene rings is 2. The van der Waals surface area contributed by atoms with Crippen LogP contribution in [0, 0.1) is 3.57 Å². The molecule has 0 bridgehead atoms. The van der Waals surface area contributed by atoms with Gasteiger partial charge in [-0.3, -0.25) is 4.79 Å². The van der Waals surface area contributed by atoms with E-state index in [0.717, 1.165) is 15.7 Å². The molecule has 0 saturated carbocycles. The molecule has 0 unspecified atom stereocenters. The molecule has 0 radical (unpaired) electrons. The van der Waals surface area contributed by atoms with Crippen LogP contribution in [0.2, 0.25) is 5.02 Å². The lowest BCUT2D eigenvalue weighted by Gasteiger charge is -2.10. The van der Waals surface area contributed by atoms with E-state index in [4.69, 9.17) is 16.0 Å². The Kier molecular flexibility index (Phi) is 5.29. The van der Waals surface area contributed by atoms with E-state index in [-0.39, 0.29) is 17.1 Å². The van der Waals surface area contributed by atoms with E-state index in [1.165, 1.54) is 18.2 Å². The predicted molar refractivity (Wildman–Crippen MR) is 101 cm³/mol. The Hall–Kier alpha value is -2.00. The van der Waals surface area contributed by atoms with Crippen LogP contribution in [-0.4, -0.2) is 5.91 Å². The number of carbonyl (C=O) groups excluding carboxylic acids is 1. The highest BCUT2D eigenvalue weighted by Gasteiger charge is 2.33. The summed E-state index contributed by atoms with van der Waals surface area (Å²) in [6.07, 6.45) is -4.58. The minimum absolute atomic E-state index is 0.0110. The number of para-hydroxylation sites is 1. The Morgan fingerprint density at radius 2 is 1.81 bits per heavy atom. The van der Waals surface area contributed by atoms with Gasteiger partial charge in [0.25, 0.3) is 5.91 Å². The van der Waals surface area contributed by atoms with Crippen molar-refractivity contribution >= 4 is 45.8 Å². The summed E-state index contributed by atoms with van der Waals surface area (Å²) in [7, 11) is 0. The van der Waals surface area contributed by atoms with Crippen molar-refractivity contribution in [3.63, 3.8) is 0 Å². The molecule has 134 valence electrons. The first kappa shape index (κ1) is 18.8. The van der Waals surface area contributed by atoms with Crippen LogP contribution in [0.15, 0.2) is 59.0 Å². The molecular weight excluding hydrogens is 482 g/mol. The van der Waals surface area contributed by atoms with E-state index in [1.54, 1.807) is 12.1 Å². The molecule has 1 heterocycles. The molecule has 0 atom stereocenters. The zero-order valence-corrected chi connectivity index (χ0v) is 15.8. The van der Waals surface area contributed by atoms with Gasteiger partial charge >= 0.3 is 6.18 Å². The lowest BCUT2D eigenvalue weighted by atomic mass is 10.1. The average molecular weight is 492 g/mol. The maximum absolute atomic E-state index is 13.0. The molecule has 8 heteroatoms. The Bertz CT molecular complexity index is 969. The quantitative estimate of drug-likeness (QED) is 0.426. The van der Waals surface area contributed by atoms with E-state index < -0.39 is 22.7 Å². The number of nitrogens with one attached hydrogen (secondary N) is 1. The van der Waals surface area contributed by atoms with Crippen molar-refractivity contribution in [3.05, 3.63) is 74.5 Å². The van der Waals surface area contributed by atoms with Crippen molar-refractivity contribution in [2.75, 3.05) is 5.32 Å². The second kappa shape index (κ2) is 7.32. The van der Waals surface area contributed by atoms with Crippen LogP contribution in [0.4, 0.5) is 18.9 Å². The molecule has 1 N–H and O–H groups in total. The van der Waals surface area contributed by atoms with Crippen LogP contribution < -0.4 is 5.32 Å². The topological polar surface area (TPSA) is 42.2 Å². The van der Waals surface area contributed by atoms with E-state index in [9.17, 15) is 18.0 Å². The van der Waals surface area contributed by atoms with Gasteiger partial charge in [-0.25, -0.2) is 0 Å². The Morgan fingerprint density at radius 3 is 2.50 bits per heavy atom. The number of amides is 1. The molecule has 1 aromatic heterocycles. The maximum Gasteiger partial charge on any atom is 0.417 e. The molecule has 3 nitrogen and oxygen atoms in total. The first-order valence-corrected chi connectivity index (χ1v) is 8.74. The number of furan rings is 1. The molecule has 26 heavy (non-hydrogen) atoms. The van der Waals surface area contributed by atoms with Gasteiger partial charge in [0, 0.05) is 9.13 Å². The van der Waals surface area contributed by atoms with Gasteiger partial charge in [0.05, 0.1) is 16.3 Å². The third kappa shape index (κ3) is 4.04. The van der Waals surface area contributed by atoms with Crippen LogP contribution in [0.5, 0.6) is 0 Å². The van der Waals surface area contributed by atoms with E-state index >= 15 is 0 Å². The molecule has 2 aromatic carbocycles. The fourth-order valence-electron chi connectivity index (χ4n) is 2.26. The fraction of sp³-hybridized carbons (Fsp3) is 0.0556. The summed E-state index contributed by atoms with van der Waals surface area (Å²) in [6.45, 7) is 0. The normalized spacial score (nSPS) is 11.4. The van der Waals surface area contributed by atoms with Gasteiger partial charge < -0.3 is 9.73 Å². The van der Waals surface area contributed by atoms with Crippen LogP contribution in [0.25, 0.3) is 11.3 Å². The average Bonchev–Trinajstić information content (AvgIpc) is 3.06. The molecule has 3 rings (SSSR count). The highest BCUT2D eigenvalue weighted by Crippen LogP contribution is 2.37. The third-order valence-corrected chi connectivity index (χ3v) is 4.78. The van der Waals surface area contributed by atoms with Crippen molar-refractivity contribution in [1.29, 1.82) is 0 Å². The highest BCUT2D eigenvalue weighted by atomic mass is 127. The summed E-state index contributed by atoms with van der Waals surface area (Å²) in [5.74, 6) is -0.367. The van der Waals surface area contributed by atoms with E-state index in [1.807, 2.05) is 12.1 Å². The van der Waals surface area contributed by atoms with Crippen molar-refractivity contribution < 1.29 is 22.4 Å². The van der Waals surface area contributed by atoms with Crippen molar-refractivity contribution in [3.8, 4) is 11.3 Å². The summed E-state index contributed by atoms with van der Waals surface area (Å²) >= 11 is 7.69. The van der Waals surface area contributed by atoms with Crippen LogP contribution >= 0.6 is 34.2 Å². The van der Waals surface area contributed by atoms with E-state index in [0.29, 0.717) is 5.69 Å². The molecule has 3 aromatic rings. The molecule has 1 amide bonds. The smallest absolute Gasteiger partial charge is 0.417 e. The third-order valence-electron chi connectivity index (χ3n) is 3.51. The molecule has 0 fully saturated rings. The van der Waals surface area contributed by atoms with Gasteiger partial charge in [0.15, 0.2) is 5.76 Å². The summed E-state index contributed by atoms with van der Waals surface area (Å²) < 4.78 is 45.2. The fourth-order valence-corrected chi connectivity index (χ4v) is 3.00. The van der Waals surface area contributed by atoms with Crippen molar-refractivity contribution in [2.24, 2.45) is 0 Å². The monoisotopic (exact) mass is 491 g/mol. The Morgan fingerprint density at radius 1 is 1.08 bits per heavy atom. The highest BCUT2D eigenvalue weighted by molar-refractivity contribution is 14.1. The van der Waals surface area contributed by atoms with Crippen molar-refractivity contribution in [1.82, 2.24) is 0 Å². The molecule has 0 aliphatic heterocycles. The van der Waals surface area contributed by atoms with E-state index in [2.05, 4.69) is 27.9 Å². The molecular formula is C18H10ClF3INO2. The maximum atomic E-state index is 13.0. The van der Waals surface area contributed by atoms with Gasteiger partial charge in [-0.05, 0) is 65.1 Å². The second-order valence-electron chi connectivity index (χ2n) is 5.29. The molecule has 0 aliphatic carbocycles. The van der Waals surface area contributed by atoms with Gasteiger partial charge in [0.2, 0.25) is 0 Å². The van der Waals surface area contributed by atoms with Gasteiger partial charge in [0.1, 0.15) is 5.76 Å². The number of rotatable bonds is 3. The Labute approximate surface area is 165 Å². The SMILES string of the molecule is O=C(Nc1ccccc1I)c1ccc(-c2ccc(Cl)c(C(F)(F)F)c2)o1. The molecule has 0 saturated heterocycles. The summed E-state index contributed by atoms with van der Waals surface area (Å²) in [5, 5.41) is 2.30. The second-order valence-corrected chi connectivity index (χ2v) is 6.86. The number of anilines is 1. The first-order chi connectivity index (χ1) is 12.3. The number of halogens is 5. The number of alkyl halides is 3.